The van der Waals surface area contributed by atoms with Crippen molar-refractivity contribution in [1.82, 2.24) is 14.3 Å². The molecule has 0 unspecified atom stereocenters. The van der Waals surface area contributed by atoms with Gasteiger partial charge in [-0.25, -0.2) is 0 Å². The summed E-state index contributed by atoms with van der Waals surface area (Å²) < 4.78 is 30.3. The summed E-state index contributed by atoms with van der Waals surface area (Å²) in [5.41, 5.74) is 1.63. The predicted molar refractivity (Wildman–Crippen MR) is 86.4 cm³/mol. The standard InChI is InChI=1S/C15H18N4O2S/c1-4-19-10-9-15(16-19)22(20,21)18(3)14-11-17(2)13-8-6-5-7-12(13)14/h5-11H,4H2,1-3H3. The average molecular weight is 318 g/mol. The fourth-order valence-electron chi connectivity index (χ4n) is 2.50. The topological polar surface area (TPSA) is 60.1 Å². The van der Waals surface area contributed by atoms with Crippen LogP contribution in [0, 0.1) is 0 Å². The molecule has 0 amide bonds. The van der Waals surface area contributed by atoms with E-state index in [1.54, 1.807) is 17.9 Å². The second kappa shape index (κ2) is 5.17. The first-order valence-electron chi connectivity index (χ1n) is 7.01. The molecule has 0 fully saturated rings. The van der Waals surface area contributed by atoms with E-state index >= 15 is 0 Å². The molecule has 2 heterocycles. The third kappa shape index (κ3) is 2.18. The summed E-state index contributed by atoms with van der Waals surface area (Å²) in [6.07, 6.45) is 3.49. The number of benzene rings is 1. The van der Waals surface area contributed by atoms with E-state index in [0.717, 1.165) is 10.9 Å². The monoisotopic (exact) mass is 318 g/mol. The van der Waals surface area contributed by atoms with Gasteiger partial charge in [-0.1, -0.05) is 18.2 Å². The van der Waals surface area contributed by atoms with Crippen LogP contribution in [0.5, 0.6) is 0 Å². The molecule has 3 aromatic rings. The van der Waals surface area contributed by atoms with Crippen molar-refractivity contribution in [3.63, 3.8) is 0 Å². The van der Waals surface area contributed by atoms with Gasteiger partial charge in [-0.3, -0.25) is 8.99 Å². The molecule has 2 aromatic heterocycles. The first kappa shape index (κ1) is 14.6. The van der Waals surface area contributed by atoms with E-state index in [1.807, 2.05) is 49.0 Å². The molecular formula is C15H18N4O2S. The quantitative estimate of drug-likeness (QED) is 0.741. The van der Waals surface area contributed by atoms with Crippen LogP contribution in [-0.2, 0) is 23.6 Å². The molecular weight excluding hydrogens is 300 g/mol. The van der Waals surface area contributed by atoms with Gasteiger partial charge < -0.3 is 4.57 Å². The molecule has 0 atom stereocenters. The normalized spacial score (nSPS) is 12.0. The van der Waals surface area contributed by atoms with Crippen molar-refractivity contribution in [1.29, 1.82) is 0 Å². The lowest BCUT2D eigenvalue weighted by atomic mass is 10.2. The van der Waals surface area contributed by atoms with Crippen LogP contribution < -0.4 is 4.31 Å². The van der Waals surface area contributed by atoms with Gasteiger partial charge in [0.15, 0.2) is 5.03 Å². The number of aryl methyl sites for hydroxylation is 2. The Morgan fingerprint density at radius 2 is 1.95 bits per heavy atom. The molecule has 6 nitrogen and oxygen atoms in total. The molecule has 0 aliphatic rings. The number of rotatable bonds is 4. The zero-order chi connectivity index (χ0) is 15.9. The Morgan fingerprint density at radius 1 is 1.23 bits per heavy atom. The lowest BCUT2D eigenvalue weighted by Gasteiger charge is -2.17. The van der Waals surface area contributed by atoms with Crippen LogP contribution in [-0.4, -0.2) is 29.8 Å². The second-order valence-electron chi connectivity index (χ2n) is 5.12. The van der Waals surface area contributed by atoms with E-state index in [1.165, 1.54) is 10.4 Å². The maximum atomic E-state index is 12.8. The van der Waals surface area contributed by atoms with Gasteiger partial charge in [-0.15, -0.1) is 0 Å². The predicted octanol–water partition coefficient (Wildman–Crippen LogP) is 2.22. The van der Waals surface area contributed by atoms with E-state index in [4.69, 9.17) is 0 Å². The van der Waals surface area contributed by atoms with Crippen molar-refractivity contribution >= 4 is 26.6 Å². The Labute approximate surface area is 129 Å². The van der Waals surface area contributed by atoms with Crippen LogP contribution in [0.3, 0.4) is 0 Å². The van der Waals surface area contributed by atoms with Gasteiger partial charge in [0, 0.05) is 43.9 Å². The van der Waals surface area contributed by atoms with E-state index in [2.05, 4.69) is 5.10 Å². The maximum absolute atomic E-state index is 12.8. The van der Waals surface area contributed by atoms with Crippen molar-refractivity contribution < 1.29 is 8.42 Å². The van der Waals surface area contributed by atoms with Gasteiger partial charge in [-0.2, -0.15) is 13.5 Å². The first-order valence-corrected chi connectivity index (χ1v) is 8.45. The summed E-state index contributed by atoms with van der Waals surface area (Å²) in [5, 5.41) is 5.07. The highest BCUT2D eigenvalue weighted by molar-refractivity contribution is 7.92. The summed E-state index contributed by atoms with van der Waals surface area (Å²) in [4.78, 5) is 0. The van der Waals surface area contributed by atoms with Gasteiger partial charge in [0.1, 0.15) is 0 Å². The minimum atomic E-state index is -3.67. The number of anilines is 1. The smallest absolute Gasteiger partial charge is 0.283 e. The van der Waals surface area contributed by atoms with E-state index in [-0.39, 0.29) is 5.03 Å². The number of fused-ring (bicyclic) bond motifs is 1. The molecule has 0 saturated heterocycles. The SMILES string of the molecule is CCn1ccc(S(=O)(=O)N(C)c2cn(C)c3ccccc23)n1. The fourth-order valence-corrected chi connectivity index (χ4v) is 3.62. The molecule has 1 aromatic carbocycles. The highest BCUT2D eigenvalue weighted by atomic mass is 32.2. The Kier molecular flexibility index (Phi) is 3.44. The maximum Gasteiger partial charge on any atom is 0.283 e. The van der Waals surface area contributed by atoms with Crippen LogP contribution in [0.1, 0.15) is 6.92 Å². The number of aromatic nitrogens is 3. The zero-order valence-corrected chi connectivity index (χ0v) is 13.6. The number of hydrogen-bond acceptors (Lipinski definition) is 3. The van der Waals surface area contributed by atoms with E-state index in [0.29, 0.717) is 12.2 Å². The van der Waals surface area contributed by atoms with E-state index in [9.17, 15) is 8.42 Å². The van der Waals surface area contributed by atoms with Gasteiger partial charge in [0.2, 0.25) is 0 Å². The lowest BCUT2D eigenvalue weighted by molar-refractivity contribution is 0.580. The van der Waals surface area contributed by atoms with Gasteiger partial charge in [-0.05, 0) is 19.1 Å². The third-order valence-electron chi connectivity index (χ3n) is 3.78. The van der Waals surface area contributed by atoms with Crippen LogP contribution in [0.4, 0.5) is 5.69 Å². The highest BCUT2D eigenvalue weighted by Crippen LogP contribution is 2.30. The Bertz CT molecular complexity index is 924. The molecule has 116 valence electrons. The Balaban J connectivity index is 2.10. The summed E-state index contributed by atoms with van der Waals surface area (Å²) in [6, 6.07) is 9.24. The minimum absolute atomic E-state index is 0.0600. The summed E-state index contributed by atoms with van der Waals surface area (Å²) in [7, 11) is -0.213. The van der Waals surface area contributed by atoms with Crippen molar-refractivity contribution in [2.75, 3.05) is 11.4 Å². The van der Waals surface area contributed by atoms with Crippen molar-refractivity contribution in [2.45, 2.75) is 18.5 Å². The number of para-hydroxylation sites is 1. The molecule has 0 bridgehead atoms. The molecule has 0 spiro atoms. The van der Waals surface area contributed by atoms with Crippen LogP contribution in [0.15, 0.2) is 47.8 Å². The third-order valence-corrected chi connectivity index (χ3v) is 5.44. The molecule has 0 aliphatic heterocycles. The highest BCUT2D eigenvalue weighted by Gasteiger charge is 2.26. The Morgan fingerprint density at radius 3 is 2.64 bits per heavy atom. The zero-order valence-electron chi connectivity index (χ0n) is 12.8. The van der Waals surface area contributed by atoms with Crippen LogP contribution in [0.25, 0.3) is 10.9 Å². The van der Waals surface area contributed by atoms with Gasteiger partial charge in [0.25, 0.3) is 10.0 Å². The molecule has 22 heavy (non-hydrogen) atoms. The number of hydrogen-bond donors (Lipinski definition) is 0. The summed E-state index contributed by atoms with van der Waals surface area (Å²) >= 11 is 0. The molecule has 0 radical (unpaired) electrons. The number of nitrogens with zero attached hydrogens (tertiary/aromatic N) is 4. The molecule has 7 heteroatoms. The minimum Gasteiger partial charge on any atom is -0.348 e. The van der Waals surface area contributed by atoms with Crippen molar-refractivity contribution in [3.05, 3.63) is 42.7 Å². The van der Waals surface area contributed by atoms with Crippen LogP contribution >= 0.6 is 0 Å². The largest absolute Gasteiger partial charge is 0.348 e. The molecule has 3 rings (SSSR count). The first-order chi connectivity index (χ1) is 10.4. The lowest BCUT2D eigenvalue weighted by Crippen LogP contribution is -2.27. The Hall–Kier alpha value is -2.28. The van der Waals surface area contributed by atoms with Gasteiger partial charge in [0.05, 0.1) is 5.69 Å². The second-order valence-corrected chi connectivity index (χ2v) is 7.04. The molecule has 0 aliphatic carbocycles. The fraction of sp³-hybridized carbons (Fsp3) is 0.267. The van der Waals surface area contributed by atoms with Gasteiger partial charge >= 0.3 is 0 Å². The summed E-state index contributed by atoms with van der Waals surface area (Å²) in [5.74, 6) is 0. The number of sulfonamides is 1. The van der Waals surface area contributed by atoms with E-state index < -0.39 is 10.0 Å². The van der Waals surface area contributed by atoms with Crippen molar-refractivity contribution in [2.24, 2.45) is 7.05 Å². The molecule has 0 N–H and O–H groups in total. The average Bonchev–Trinajstić information content (AvgIpc) is 3.12. The summed E-state index contributed by atoms with van der Waals surface area (Å²) in [6.45, 7) is 2.55. The molecule has 0 saturated carbocycles. The van der Waals surface area contributed by atoms with Crippen molar-refractivity contribution in [3.8, 4) is 0 Å². The van der Waals surface area contributed by atoms with Crippen LogP contribution in [0.2, 0.25) is 0 Å².